The number of hydrogen-bond donors (Lipinski definition) is 0. The van der Waals surface area contributed by atoms with Gasteiger partial charge in [0.05, 0.1) is 11.3 Å². The lowest BCUT2D eigenvalue weighted by molar-refractivity contribution is -0.137. The zero-order chi connectivity index (χ0) is 19.4. The highest BCUT2D eigenvalue weighted by Gasteiger charge is 2.31. The van der Waals surface area contributed by atoms with E-state index in [2.05, 4.69) is 15.9 Å². The van der Waals surface area contributed by atoms with E-state index in [0.29, 0.717) is 37.6 Å². The van der Waals surface area contributed by atoms with Gasteiger partial charge in [-0.1, -0.05) is 18.2 Å². The van der Waals surface area contributed by atoms with Gasteiger partial charge in [0.2, 0.25) is 5.91 Å². The normalized spacial score (nSPS) is 15.1. The molecule has 1 aliphatic rings. The highest BCUT2D eigenvalue weighted by atomic mass is 79.9. The van der Waals surface area contributed by atoms with Crippen LogP contribution in [0.4, 0.5) is 18.9 Å². The van der Waals surface area contributed by atoms with Crippen molar-refractivity contribution < 1.29 is 18.0 Å². The number of alkyl halides is 3. The van der Waals surface area contributed by atoms with Crippen molar-refractivity contribution in [3.05, 3.63) is 58.6 Å². The Balaban J connectivity index is 1.54. The minimum atomic E-state index is -4.35. The molecule has 3 nitrogen and oxygen atoms in total. The first-order valence-electron chi connectivity index (χ1n) is 8.42. The van der Waals surface area contributed by atoms with Gasteiger partial charge in [-0.2, -0.15) is 13.2 Å². The van der Waals surface area contributed by atoms with Crippen molar-refractivity contribution in [3.63, 3.8) is 0 Å². The van der Waals surface area contributed by atoms with Crippen LogP contribution in [0.3, 0.4) is 0 Å². The predicted molar refractivity (Wildman–Crippen MR) is 105 cm³/mol. The first-order valence-corrected chi connectivity index (χ1v) is 10.2. The Hall–Kier alpha value is -1.67. The van der Waals surface area contributed by atoms with Gasteiger partial charge < -0.3 is 9.80 Å². The van der Waals surface area contributed by atoms with Crippen molar-refractivity contribution in [1.82, 2.24) is 4.90 Å². The van der Waals surface area contributed by atoms with E-state index in [0.717, 1.165) is 15.4 Å². The molecule has 0 bridgehead atoms. The number of amides is 1. The zero-order valence-corrected chi connectivity index (χ0v) is 16.8. The number of benzene rings is 2. The fraction of sp³-hybridized carbons (Fsp3) is 0.316. The molecule has 144 valence electrons. The van der Waals surface area contributed by atoms with Crippen molar-refractivity contribution in [2.75, 3.05) is 36.8 Å². The van der Waals surface area contributed by atoms with E-state index >= 15 is 0 Å². The number of piperazine rings is 1. The highest BCUT2D eigenvalue weighted by molar-refractivity contribution is 9.10. The Labute approximate surface area is 168 Å². The van der Waals surface area contributed by atoms with Gasteiger partial charge in [0.15, 0.2) is 0 Å². The van der Waals surface area contributed by atoms with Gasteiger partial charge in [-0.05, 0) is 46.3 Å². The third-order valence-corrected chi connectivity index (χ3v) is 6.37. The fourth-order valence-electron chi connectivity index (χ4n) is 2.89. The highest BCUT2D eigenvalue weighted by Crippen LogP contribution is 2.32. The summed E-state index contributed by atoms with van der Waals surface area (Å²) in [6, 6.07) is 13.1. The maximum absolute atomic E-state index is 12.9. The Morgan fingerprint density at radius 2 is 1.74 bits per heavy atom. The van der Waals surface area contributed by atoms with E-state index in [1.165, 1.54) is 23.9 Å². The van der Waals surface area contributed by atoms with Crippen molar-refractivity contribution >= 4 is 39.3 Å². The van der Waals surface area contributed by atoms with Crippen LogP contribution < -0.4 is 4.90 Å². The minimum Gasteiger partial charge on any atom is -0.368 e. The van der Waals surface area contributed by atoms with Gasteiger partial charge in [0.1, 0.15) is 0 Å². The first kappa shape index (κ1) is 20.1. The molecule has 0 saturated carbocycles. The molecule has 0 aromatic heterocycles. The van der Waals surface area contributed by atoms with E-state index in [1.807, 2.05) is 29.2 Å². The maximum atomic E-state index is 12.9. The largest absolute Gasteiger partial charge is 0.416 e. The topological polar surface area (TPSA) is 23.6 Å². The van der Waals surface area contributed by atoms with Gasteiger partial charge in [-0.15, -0.1) is 11.8 Å². The molecule has 1 saturated heterocycles. The first-order chi connectivity index (χ1) is 12.8. The summed E-state index contributed by atoms with van der Waals surface area (Å²) < 4.78 is 39.6. The quantitative estimate of drug-likeness (QED) is 0.608. The lowest BCUT2D eigenvalue weighted by Gasteiger charge is -2.36. The van der Waals surface area contributed by atoms with E-state index in [9.17, 15) is 18.0 Å². The number of hydrogen-bond acceptors (Lipinski definition) is 3. The van der Waals surface area contributed by atoms with Crippen LogP contribution >= 0.6 is 27.7 Å². The van der Waals surface area contributed by atoms with Crippen molar-refractivity contribution in [3.8, 4) is 0 Å². The van der Waals surface area contributed by atoms with E-state index in [-0.39, 0.29) is 5.91 Å². The van der Waals surface area contributed by atoms with Crippen LogP contribution in [-0.4, -0.2) is 42.7 Å². The Morgan fingerprint density at radius 3 is 2.41 bits per heavy atom. The molecule has 1 heterocycles. The number of anilines is 1. The molecule has 0 radical (unpaired) electrons. The molecule has 0 spiro atoms. The predicted octanol–water partition coefficient (Wildman–Crippen LogP) is 4.91. The van der Waals surface area contributed by atoms with Crippen molar-refractivity contribution in [2.45, 2.75) is 11.1 Å². The Morgan fingerprint density at radius 1 is 1.04 bits per heavy atom. The molecule has 0 atom stereocenters. The summed E-state index contributed by atoms with van der Waals surface area (Å²) in [5, 5.41) is 0. The second kappa shape index (κ2) is 8.56. The number of carbonyl (C=O) groups excluding carboxylic acids is 1. The summed E-state index contributed by atoms with van der Waals surface area (Å²) in [6.07, 6.45) is -4.35. The van der Waals surface area contributed by atoms with E-state index in [1.54, 1.807) is 11.0 Å². The average molecular weight is 459 g/mol. The molecule has 2 aromatic rings. The smallest absolute Gasteiger partial charge is 0.368 e. The molecule has 2 aromatic carbocycles. The second-order valence-electron chi connectivity index (χ2n) is 6.14. The molecule has 1 fully saturated rings. The molecule has 0 unspecified atom stereocenters. The van der Waals surface area contributed by atoms with Crippen LogP contribution in [0.15, 0.2) is 57.9 Å². The summed E-state index contributed by atoms with van der Waals surface area (Å²) in [6.45, 7) is 2.05. The lowest BCUT2D eigenvalue weighted by atomic mass is 10.1. The molecular weight excluding hydrogens is 441 g/mol. The summed E-state index contributed by atoms with van der Waals surface area (Å²) in [5.74, 6) is 0.381. The summed E-state index contributed by atoms with van der Waals surface area (Å²) in [5.41, 5.74) is -0.108. The van der Waals surface area contributed by atoms with Gasteiger partial charge in [-0.3, -0.25) is 4.79 Å². The van der Waals surface area contributed by atoms with Crippen LogP contribution in [0.5, 0.6) is 0 Å². The Bertz CT molecular complexity index is 808. The molecule has 27 heavy (non-hydrogen) atoms. The second-order valence-corrected chi connectivity index (χ2v) is 8.01. The summed E-state index contributed by atoms with van der Waals surface area (Å²) in [7, 11) is 0. The molecule has 3 rings (SSSR count). The standard InChI is InChI=1S/C19H18BrF3N2OS/c20-16-6-1-2-7-17(16)27-13-18(26)25-10-8-24(9-11-25)15-5-3-4-14(12-15)19(21,22)23/h1-7,12H,8-11,13H2. The molecule has 1 amide bonds. The van der Waals surface area contributed by atoms with E-state index in [4.69, 9.17) is 0 Å². The van der Waals surface area contributed by atoms with Crippen LogP contribution in [0.1, 0.15) is 5.56 Å². The van der Waals surface area contributed by atoms with Crippen LogP contribution in [0.2, 0.25) is 0 Å². The Kier molecular flexibility index (Phi) is 6.37. The average Bonchev–Trinajstić information content (AvgIpc) is 2.67. The number of nitrogens with zero attached hydrogens (tertiary/aromatic N) is 2. The SMILES string of the molecule is O=C(CSc1ccccc1Br)N1CCN(c2cccc(C(F)(F)F)c2)CC1. The molecule has 0 aliphatic carbocycles. The summed E-state index contributed by atoms with van der Waals surface area (Å²) in [4.78, 5) is 17.1. The van der Waals surface area contributed by atoms with Crippen molar-refractivity contribution in [1.29, 1.82) is 0 Å². The minimum absolute atomic E-state index is 0.0412. The summed E-state index contributed by atoms with van der Waals surface area (Å²) >= 11 is 4.94. The third-order valence-electron chi connectivity index (χ3n) is 4.36. The van der Waals surface area contributed by atoms with Crippen LogP contribution in [0.25, 0.3) is 0 Å². The molecule has 0 N–H and O–H groups in total. The van der Waals surface area contributed by atoms with Crippen LogP contribution in [0, 0.1) is 0 Å². The molecular formula is C19H18BrF3N2OS. The number of carbonyl (C=O) groups is 1. The number of rotatable bonds is 4. The van der Waals surface area contributed by atoms with E-state index < -0.39 is 11.7 Å². The van der Waals surface area contributed by atoms with Crippen molar-refractivity contribution in [2.24, 2.45) is 0 Å². The number of halogens is 4. The lowest BCUT2D eigenvalue weighted by Crippen LogP contribution is -2.49. The van der Waals surface area contributed by atoms with Crippen LogP contribution in [-0.2, 0) is 11.0 Å². The third kappa shape index (κ3) is 5.19. The maximum Gasteiger partial charge on any atom is 0.416 e. The van der Waals surface area contributed by atoms with Gasteiger partial charge in [-0.25, -0.2) is 0 Å². The molecule has 1 aliphatic heterocycles. The van der Waals surface area contributed by atoms with Gasteiger partial charge in [0.25, 0.3) is 0 Å². The van der Waals surface area contributed by atoms with Gasteiger partial charge >= 0.3 is 6.18 Å². The monoisotopic (exact) mass is 458 g/mol. The number of thioether (sulfide) groups is 1. The zero-order valence-electron chi connectivity index (χ0n) is 14.4. The molecule has 8 heteroatoms. The van der Waals surface area contributed by atoms with Gasteiger partial charge in [0, 0.05) is 41.2 Å². The fourth-order valence-corrected chi connectivity index (χ4v) is 4.36.